The molecule has 0 aliphatic rings. The van der Waals surface area contributed by atoms with Gasteiger partial charge in [0, 0.05) is 23.1 Å². The number of hydrogen-bond donors (Lipinski definition) is 0. The highest BCUT2D eigenvalue weighted by molar-refractivity contribution is 9.10. The Kier molecular flexibility index (Phi) is 8.43. The Balaban J connectivity index is 0.00000280. The molecule has 0 bridgehead atoms. The molecule has 3 aromatic rings. The minimum Gasteiger partial charge on any atom is -0.302 e. The van der Waals surface area contributed by atoms with Crippen molar-refractivity contribution in [3.8, 4) is 0 Å². The van der Waals surface area contributed by atoms with Gasteiger partial charge in [-0.25, -0.2) is 4.98 Å². The number of thiazole rings is 1. The Bertz CT molecular complexity index is 925. The highest BCUT2D eigenvalue weighted by Gasteiger charge is 2.22. The molecule has 0 atom stereocenters. The summed E-state index contributed by atoms with van der Waals surface area (Å²) in [5.74, 6) is -0.00886. The van der Waals surface area contributed by atoms with Crippen LogP contribution in [0.25, 0.3) is 10.2 Å². The molecule has 0 aliphatic heterocycles. The number of likely N-dealkylation sites (N-methyl/N-ethyl adjacent to an activating group) is 1. The fourth-order valence-electron chi connectivity index (χ4n) is 2.95. The summed E-state index contributed by atoms with van der Waals surface area (Å²) in [5.41, 5.74) is 2.82. The number of benzene rings is 2. The molecule has 0 fully saturated rings. The third kappa shape index (κ3) is 5.32. The van der Waals surface area contributed by atoms with E-state index in [1.165, 1.54) is 5.56 Å². The van der Waals surface area contributed by atoms with E-state index in [0.29, 0.717) is 12.1 Å². The number of fused-ring (bicyclic) bond motifs is 1. The molecule has 150 valence electrons. The molecule has 1 heterocycles. The van der Waals surface area contributed by atoms with Gasteiger partial charge in [0.25, 0.3) is 5.91 Å². The molecule has 1 aromatic heterocycles. The summed E-state index contributed by atoms with van der Waals surface area (Å²) in [6.07, 6.45) is 0. The van der Waals surface area contributed by atoms with Crippen molar-refractivity contribution in [2.24, 2.45) is 0 Å². The standard InChI is InChI=1S/C21H24BrN3OS.ClH/c1-4-24(5-2)12-13-25(20(26)16-7-9-17(22)10-8-16)21-23-18-11-6-15(3)14-19(18)27-21;/h6-11,14H,4-5,12-13H2,1-3H3;1H. The van der Waals surface area contributed by atoms with E-state index < -0.39 is 0 Å². The number of aromatic nitrogens is 1. The molecular formula is C21H25BrClN3OS. The van der Waals surface area contributed by atoms with E-state index in [1.807, 2.05) is 35.2 Å². The number of hydrogen-bond acceptors (Lipinski definition) is 4. The van der Waals surface area contributed by atoms with Crippen molar-refractivity contribution in [2.75, 3.05) is 31.1 Å². The molecule has 0 aliphatic carbocycles. The number of rotatable bonds is 7. The summed E-state index contributed by atoms with van der Waals surface area (Å²) in [6.45, 7) is 9.74. The topological polar surface area (TPSA) is 36.4 Å². The van der Waals surface area contributed by atoms with Crippen LogP contribution in [0.15, 0.2) is 46.9 Å². The van der Waals surface area contributed by atoms with Gasteiger partial charge in [-0.05, 0) is 62.0 Å². The van der Waals surface area contributed by atoms with Gasteiger partial charge in [-0.3, -0.25) is 9.69 Å². The van der Waals surface area contributed by atoms with E-state index in [1.54, 1.807) is 11.3 Å². The number of carbonyl (C=O) groups excluding carboxylic acids is 1. The van der Waals surface area contributed by atoms with Crippen LogP contribution in [-0.2, 0) is 0 Å². The van der Waals surface area contributed by atoms with Crippen molar-refractivity contribution >= 4 is 60.9 Å². The first-order valence-electron chi connectivity index (χ1n) is 9.18. The smallest absolute Gasteiger partial charge is 0.260 e. The van der Waals surface area contributed by atoms with Gasteiger partial charge in [-0.1, -0.05) is 47.2 Å². The largest absolute Gasteiger partial charge is 0.302 e. The van der Waals surface area contributed by atoms with Gasteiger partial charge < -0.3 is 4.90 Å². The van der Waals surface area contributed by atoms with Crippen LogP contribution < -0.4 is 4.90 Å². The zero-order valence-electron chi connectivity index (χ0n) is 16.3. The summed E-state index contributed by atoms with van der Waals surface area (Å²) in [6, 6.07) is 13.7. The molecule has 2 aromatic carbocycles. The van der Waals surface area contributed by atoms with E-state index in [0.717, 1.165) is 39.5 Å². The summed E-state index contributed by atoms with van der Waals surface area (Å²) in [5, 5.41) is 0.760. The van der Waals surface area contributed by atoms with Gasteiger partial charge >= 0.3 is 0 Å². The van der Waals surface area contributed by atoms with Crippen LogP contribution in [0.5, 0.6) is 0 Å². The molecule has 0 saturated heterocycles. The van der Waals surface area contributed by atoms with Crippen LogP contribution >= 0.6 is 39.7 Å². The normalized spacial score (nSPS) is 10.9. The Morgan fingerprint density at radius 1 is 1.07 bits per heavy atom. The van der Waals surface area contributed by atoms with Gasteiger partial charge in [-0.15, -0.1) is 12.4 Å². The lowest BCUT2D eigenvalue weighted by molar-refractivity contribution is 0.0984. The summed E-state index contributed by atoms with van der Waals surface area (Å²) in [4.78, 5) is 22.1. The molecule has 7 heteroatoms. The molecule has 0 spiro atoms. The molecule has 0 saturated carbocycles. The number of amides is 1. The van der Waals surface area contributed by atoms with Crippen molar-refractivity contribution in [2.45, 2.75) is 20.8 Å². The first-order chi connectivity index (χ1) is 13.0. The highest BCUT2D eigenvalue weighted by atomic mass is 79.9. The average Bonchev–Trinajstić information content (AvgIpc) is 3.08. The first-order valence-corrected chi connectivity index (χ1v) is 10.8. The number of halogens is 2. The zero-order valence-corrected chi connectivity index (χ0v) is 19.5. The monoisotopic (exact) mass is 481 g/mol. The third-order valence-corrected chi connectivity index (χ3v) is 6.20. The minimum atomic E-state index is -0.00886. The van der Waals surface area contributed by atoms with Crippen molar-refractivity contribution < 1.29 is 4.79 Å². The van der Waals surface area contributed by atoms with Gasteiger partial charge in [0.05, 0.1) is 10.2 Å². The second kappa shape index (κ2) is 10.3. The quantitative estimate of drug-likeness (QED) is 0.428. The van der Waals surface area contributed by atoms with Crippen LogP contribution in [0.3, 0.4) is 0 Å². The second-order valence-electron chi connectivity index (χ2n) is 6.46. The molecule has 4 nitrogen and oxygen atoms in total. The van der Waals surface area contributed by atoms with Crippen molar-refractivity contribution in [1.29, 1.82) is 0 Å². The molecule has 0 unspecified atom stereocenters. The predicted molar refractivity (Wildman–Crippen MR) is 125 cm³/mol. The van der Waals surface area contributed by atoms with Crippen LogP contribution in [0.1, 0.15) is 29.8 Å². The summed E-state index contributed by atoms with van der Waals surface area (Å²) < 4.78 is 2.07. The van der Waals surface area contributed by atoms with Crippen LogP contribution in [0.2, 0.25) is 0 Å². The summed E-state index contributed by atoms with van der Waals surface area (Å²) >= 11 is 5.01. The van der Waals surface area contributed by atoms with Gasteiger partial charge in [0.2, 0.25) is 0 Å². The molecule has 28 heavy (non-hydrogen) atoms. The fraction of sp³-hybridized carbons (Fsp3) is 0.333. The Morgan fingerprint density at radius 2 is 1.75 bits per heavy atom. The SMILES string of the molecule is CCN(CC)CCN(C(=O)c1ccc(Br)cc1)c1nc2ccc(C)cc2s1.Cl. The predicted octanol–water partition coefficient (Wildman–Crippen LogP) is 5.78. The minimum absolute atomic E-state index is 0. The van der Waals surface area contributed by atoms with Gasteiger partial charge in [-0.2, -0.15) is 0 Å². The molecular weight excluding hydrogens is 458 g/mol. The highest BCUT2D eigenvalue weighted by Crippen LogP contribution is 2.30. The Hall–Kier alpha value is -1.47. The van der Waals surface area contributed by atoms with Gasteiger partial charge in [0.1, 0.15) is 0 Å². The maximum Gasteiger partial charge on any atom is 0.260 e. The van der Waals surface area contributed by atoms with Crippen LogP contribution in [-0.4, -0.2) is 42.0 Å². The molecule has 0 N–H and O–H groups in total. The lowest BCUT2D eigenvalue weighted by Gasteiger charge is -2.24. The van der Waals surface area contributed by atoms with Crippen molar-refractivity contribution in [3.05, 3.63) is 58.1 Å². The van der Waals surface area contributed by atoms with Gasteiger partial charge in [0.15, 0.2) is 5.13 Å². The lowest BCUT2D eigenvalue weighted by atomic mass is 10.2. The molecule has 1 amide bonds. The Labute approximate surface area is 185 Å². The first kappa shape index (κ1) is 22.8. The maximum atomic E-state index is 13.2. The summed E-state index contributed by atoms with van der Waals surface area (Å²) in [7, 11) is 0. The second-order valence-corrected chi connectivity index (χ2v) is 8.38. The average molecular weight is 483 g/mol. The van der Waals surface area contributed by atoms with E-state index in [-0.39, 0.29) is 18.3 Å². The zero-order chi connectivity index (χ0) is 19.4. The Morgan fingerprint density at radius 3 is 2.39 bits per heavy atom. The number of nitrogens with zero attached hydrogens (tertiary/aromatic N) is 3. The van der Waals surface area contributed by atoms with Crippen molar-refractivity contribution in [1.82, 2.24) is 9.88 Å². The third-order valence-electron chi connectivity index (χ3n) is 4.63. The molecule has 3 rings (SSSR count). The van der Waals surface area contributed by atoms with E-state index in [2.05, 4.69) is 53.7 Å². The maximum absolute atomic E-state index is 13.2. The number of anilines is 1. The molecule has 0 radical (unpaired) electrons. The van der Waals surface area contributed by atoms with Crippen molar-refractivity contribution in [3.63, 3.8) is 0 Å². The van der Waals surface area contributed by atoms with E-state index in [4.69, 9.17) is 4.98 Å². The number of aryl methyl sites for hydroxylation is 1. The van der Waals surface area contributed by atoms with E-state index >= 15 is 0 Å². The lowest BCUT2D eigenvalue weighted by Crippen LogP contribution is -2.38. The van der Waals surface area contributed by atoms with Crippen LogP contribution in [0.4, 0.5) is 5.13 Å². The number of carbonyl (C=O) groups is 1. The fourth-order valence-corrected chi connectivity index (χ4v) is 4.30. The van der Waals surface area contributed by atoms with Crippen LogP contribution in [0, 0.1) is 6.92 Å². The van der Waals surface area contributed by atoms with E-state index in [9.17, 15) is 4.79 Å².